The molecule has 5 nitrogen and oxygen atoms in total. The third-order valence-electron chi connectivity index (χ3n) is 6.23. The molecular formula is C29H32N2O3. The van der Waals surface area contributed by atoms with Crippen LogP contribution in [0.5, 0.6) is 11.5 Å². The summed E-state index contributed by atoms with van der Waals surface area (Å²) in [6, 6.07) is 23.8. The second kappa shape index (κ2) is 10.5. The van der Waals surface area contributed by atoms with Crippen molar-refractivity contribution >= 4 is 16.8 Å². The number of aromatic amines is 1. The molecule has 0 saturated heterocycles. The maximum absolute atomic E-state index is 13.5. The van der Waals surface area contributed by atoms with Crippen LogP contribution in [0.3, 0.4) is 0 Å². The van der Waals surface area contributed by atoms with Gasteiger partial charge in [0.15, 0.2) is 6.61 Å². The minimum absolute atomic E-state index is 0.0239. The highest BCUT2D eigenvalue weighted by molar-refractivity contribution is 5.86. The number of likely N-dealkylation sites (N-methyl/N-ethyl adjacent to an activating group) is 1. The first-order chi connectivity index (χ1) is 16.5. The first-order valence-corrected chi connectivity index (χ1v) is 11.7. The van der Waals surface area contributed by atoms with Crippen molar-refractivity contribution in [3.8, 4) is 11.5 Å². The number of methoxy groups -OCH3 is 1. The van der Waals surface area contributed by atoms with Gasteiger partial charge in [0.25, 0.3) is 5.91 Å². The van der Waals surface area contributed by atoms with Gasteiger partial charge in [0.2, 0.25) is 0 Å². The minimum atomic E-state index is -0.258. The number of aromatic nitrogens is 1. The average molecular weight is 457 g/mol. The molecule has 0 aliphatic rings. The molecule has 0 spiro atoms. The number of carbonyl (C=O) groups is 1. The van der Waals surface area contributed by atoms with Crippen LogP contribution >= 0.6 is 0 Å². The van der Waals surface area contributed by atoms with Gasteiger partial charge < -0.3 is 19.4 Å². The predicted molar refractivity (Wildman–Crippen MR) is 137 cm³/mol. The second-order valence-electron chi connectivity index (χ2n) is 8.66. The van der Waals surface area contributed by atoms with Gasteiger partial charge in [-0.3, -0.25) is 4.79 Å². The van der Waals surface area contributed by atoms with Crippen molar-refractivity contribution in [2.75, 3.05) is 20.3 Å². The zero-order valence-corrected chi connectivity index (χ0v) is 20.2. The lowest BCUT2D eigenvalue weighted by Gasteiger charge is -2.31. The van der Waals surface area contributed by atoms with E-state index in [1.165, 1.54) is 5.56 Å². The molecule has 1 aromatic heterocycles. The summed E-state index contributed by atoms with van der Waals surface area (Å²) in [6.45, 7) is 6.83. The van der Waals surface area contributed by atoms with E-state index in [4.69, 9.17) is 9.47 Å². The highest BCUT2D eigenvalue weighted by Crippen LogP contribution is 2.34. The van der Waals surface area contributed by atoms with Crippen molar-refractivity contribution in [2.45, 2.75) is 32.7 Å². The molecule has 0 saturated carbocycles. The number of hydrogen-bond donors (Lipinski definition) is 1. The summed E-state index contributed by atoms with van der Waals surface area (Å²) in [4.78, 5) is 18.7. The van der Waals surface area contributed by atoms with E-state index in [-0.39, 0.29) is 18.6 Å². The lowest BCUT2D eigenvalue weighted by molar-refractivity contribution is -0.134. The van der Waals surface area contributed by atoms with E-state index < -0.39 is 0 Å². The molecule has 1 N–H and O–H groups in total. The first kappa shape index (κ1) is 23.4. The van der Waals surface area contributed by atoms with Gasteiger partial charge in [-0.05, 0) is 54.3 Å². The molecule has 34 heavy (non-hydrogen) atoms. The van der Waals surface area contributed by atoms with Crippen molar-refractivity contribution in [1.29, 1.82) is 0 Å². The van der Waals surface area contributed by atoms with Crippen LogP contribution < -0.4 is 9.47 Å². The van der Waals surface area contributed by atoms with Gasteiger partial charge >= 0.3 is 0 Å². The zero-order chi connectivity index (χ0) is 24.1. The Labute approximate surface area is 201 Å². The third-order valence-corrected chi connectivity index (χ3v) is 6.23. The van der Waals surface area contributed by atoms with E-state index in [0.717, 1.165) is 27.8 Å². The molecule has 1 atom stereocenters. The fraction of sp³-hybridized carbons (Fsp3) is 0.276. The van der Waals surface area contributed by atoms with E-state index in [9.17, 15) is 4.79 Å². The number of carbonyl (C=O) groups excluding carboxylic acids is 1. The lowest BCUT2D eigenvalue weighted by atomic mass is 9.96. The number of para-hydroxylation sites is 1. The second-order valence-corrected chi connectivity index (χ2v) is 8.66. The Kier molecular flexibility index (Phi) is 7.21. The van der Waals surface area contributed by atoms with Gasteiger partial charge in [0.05, 0.1) is 13.2 Å². The Morgan fingerprint density at radius 1 is 0.912 bits per heavy atom. The van der Waals surface area contributed by atoms with Crippen LogP contribution in [0.15, 0.2) is 79.0 Å². The normalized spacial score (nSPS) is 12.0. The van der Waals surface area contributed by atoms with E-state index >= 15 is 0 Å². The van der Waals surface area contributed by atoms with Crippen LogP contribution in [0.4, 0.5) is 0 Å². The van der Waals surface area contributed by atoms with Crippen LogP contribution in [0.1, 0.15) is 49.4 Å². The molecule has 0 unspecified atom stereocenters. The summed E-state index contributed by atoms with van der Waals surface area (Å²) in [5, 5.41) is 1.10. The van der Waals surface area contributed by atoms with Gasteiger partial charge in [0.1, 0.15) is 11.5 Å². The van der Waals surface area contributed by atoms with Crippen molar-refractivity contribution in [1.82, 2.24) is 9.88 Å². The fourth-order valence-corrected chi connectivity index (χ4v) is 4.31. The molecule has 0 bridgehead atoms. The van der Waals surface area contributed by atoms with Gasteiger partial charge in [-0.1, -0.05) is 56.3 Å². The molecule has 0 aliphatic heterocycles. The molecule has 0 fully saturated rings. The molecule has 1 amide bonds. The number of ether oxygens (including phenoxy) is 2. The van der Waals surface area contributed by atoms with Crippen molar-refractivity contribution in [2.24, 2.45) is 0 Å². The van der Waals surface area contributed by atoms with Gasteiger partial charge in [-0.25, -0.2) is 0 Å². The van der Waals surface area contributed by atoms with Crippen LogP contribution in [0, 0.1) is 0 Å². The lowest BCUT2D eigenvalue weighted by Crippen LogP contribution is -2.38. The fourth-order valence-electron chi connectivity index (χ4n) is 4.31. The minimum Gasteiger partial charge on any atom is -0.497 e. The number of H-pyrrole nitrogens is 1. The van der Waals surface area contributed by atoms with E-state index in [0.29, 0.717) is 18.2 Å². The smallest absolute Gasteiger partial charge is 0.261 e. The summed E-state index contributed by atoms with van der Waals surface area (Å²) in [5.74, 6) is 1.86. The highest BCUT2D eigenvalue weighted by Gasteiger charge is 2.28. The standard InChI is InChI=1S/C29H32N2O3/c1-5-31(28(32)19-34-24-16-10-21(11-17-24)20(2)3)29(22-12-14-23(33-4)15-13-22)26-18-30-27-9-7-6-8-25(26)27/h6-18,20,29-30H,5,19H2,1-4H3/t29-/m1/s1. The predicted octanol–water partition coefficient (Wildman–Crippen LogP) is 6.32. The van der Waals surface area contributed by atoms with Crippen LogP contribution in [-0.4, -0.2) is 36.1 Å². The van der Waals surface area contributed by atoms with Crippen LogP contribution in [0.25, 0.3) is 10.9 Å². The number of nitrogens with zero attached hydrogens (tertiary/aromatic N) is 1. The van der Waals surface area contributed by atoms with Crippen molar-refractivity contribution < 1.29 is 14.3 Å². The number of fused-ring (bicyclic) bond motifs is 1. The number of rotatable bonds is 9. The van der Waals surface area contributed by atoms with Crippen molar-refractivity contribution in [3.05, 3.63) is 95.7 Å². The Bertz CT molecular complexity index is 1230. The maximum Gasteiger partial charge on any atom is 0.261 e. The summed E-state index contributed by atoms with van der Waals surface area (Å²) in [6.07, 6.45) is 2.00. The summed E-state index contributed by atoms with van der Waals surface area (Å²) in [7, 11) is 1.65. The zero-order valence-electron chi connectivity index (χ0n) is 20.2. The monoisotopic (exact) mass is 456 g/mol. The number of benzene rings is 3. The molecule has 0 aliphatic carbocycles. The number of amides is 1. The van der Waals surface area contributed by atoms with Crippen LogP contribution in [-0.2, 0) is 4.79 Å². The van der Waals surface area contributed by atoms with E-state index in [1.54, 1.807) is 7.11 Å². The quantitative estimate of drug-likeness (QED) is 0.321. The Morgan fingerprint density at radius 2 is 1.56 bits per heavy atom. The molecule has 4 rings (SSSR count). The molecule has 176 valence electrons. The SMILES string of the molecule is CCN(C(=O)COc1ccc(C(C)C)cc1)[C@H](c1ccc(OC)cc1)c1c[nH]c2ccccc12. The molecule has 1 heterocycles. The summed E-state index contributed by atoms with van der Waals surface area (Å²) in [5.41, 5.74) is 4.35. The Balaban J connectivity index is 1.63. The maximum atomic E-state index is 13.5. The van der Waals surface area contributed by atoms with Gasteiger partial charge in [-0.15, -0.1) is 0 Å². The Morgan fingerprint density at radius 3 is 2.21 bits per heavy atom. The van der Waals surface area contributed by atoms with Crippen molar-refractivity contribution in [3.63, 3.8) is 0 Å². The largest absolute Gasteiger partial charge is 0.497 e. The summed E-state index contributed by atoms with van der Waals surface area (Å²) < 4.78 is 11.2. The average Bonchev–Trinajstić information content (AvgIpc) is 3.30. The first-order valence-electron chi connectivity index (χ1n) is 11.7. The molecular weight excluding hydrogens is 424 g/mol. The third kappa shape index (κ3) is 4.93. The van der Waals surface area contributed by atoms with Gasteiger partial charge in [0, 0.05) is 29.2 Å². The summed E-state index contributed by atoms with van der Waals surface area (Å²) >= 11 is 0. The van der Waals surface area contributed by atoms with Crippen LogP contribution in [0.2, 0.25) is 0 Å². The van der Waals surface area contributed by atoms with Gasteiger partial charge in [-0.2, -0.15) is 0 Å². The van der Waals surface area contributed by atoms with E-state index in [1.807, 2.05) is 84.8 Å². The number of nitrogens with one attached hydrogen (secondary N) is 1. The molecule has 5 heteroatoms. The molecule has 0 radical (unpaired) electrons. The Hall–Kier alpha value is -3.73. The topological polar surface area (TPSA) is 54.6 Å². The highest BCUT2D eigenvalue weighted by atomic mass is 16.5. The molecule has 4 aromatic rings. The van der Waals surface area contributed by atoms with E-state index in [2.05, 4.69) is 24.9 Å². The molecule has 3 aromatic carbocycles. The number of hydrogen-bond acceptors (Lipinski definition) is 3.